The van der Waals surface area contributed by atoms with E-state index in [9.17, 15) is 9.18 Å². The summed E-state index contributed by atoms with van der Waals surface area (Å²) in [6, 6.07) is 10.3. The monoisotopic (exact) mass is 289 g/mol. The Morgan fingerprint density at radius 2 is 2.10 bits per heavy atom. The van der Waals surface area contributed by atoms with Gasteiger partial charge in [0.1, 0.15) is 5.82 Å². The Hall–Kier alpha value is -1.55. The molecule has 2 nitrogen and oxygen atoms in total. The molecular formula is C16H16FNOS. The summed E-state index contributed by atoms with van der Waals surface area (Å²) >= 11 is 1.76. The standard InChI is InChI=1S/C16H16FNOS/c1-11-8-13(19)9-12-10-16(20-7-6-18(11)12)14-4-2-3-5-15(14)17/h2-5,8-9,16H,6-7,10H2,1H3. The first kappa shape index (κ1) is 13.4. The van der Waals surface area contributed by atoms with Crippen LogP contribution in [-0.4, -0.2) is 10.3 Å². The van der Waals surface area contributed by atoms with E-state index in [2.05, 4.69) is 4.57 Å². The van der Waals surface area contributed by atoms with Gasteiger partial charge in [0.15, 0.2) is 5.43 Å². The minimum Gasteiger partial charge on any atom is -0.348 e. The zero-order chi connectivity index (χ0) is 14.1. The Bertz CT molecular complexity index is 695. The van der Waals surface area contributed by atoms with Crippen molar-refractivity contribution in [1.82, 2.24) is 4.57 Å². The van der Waals surface area contributed by atoms with Gasteiger partial charge in [0, 0.05) is 53.1 Å². The largest absolute Gasteiger partial charge is 0.348 e. The molecular weight excluding hydrogens is 273 g/mol. The summed E-state index contributed by atoms with van der Waals surface area (Å²) in [5.74, 6) is 0.767. The van der Waals surface area contributed by atoms with Gasteiger partial charge in [-0.2, -0.15) is 11.8 Å². The maximum absolute atomic E-state index is 14.0. The molecule has 2 heterocycles. The molecule has 0 saturated heterocycles. The molecule has 4 heteroatoms. The predicted molar refractivity (Wildman–Crippen MR) is 80.7 cm³/mol. The van der Waals surface area contributed by atoms with Gasteiger partial charge in [0.05, 0.1) is 0 Å². The van der Waals surface area contributed by atoms with Crippen molar-refractivity contribution in [3.8, 4) is 0 Å². The van der Waals surface area contributed by atoms with E-state index in [1.54, 1.807) is 30.0 Å². The number of hydrogen-bond donors (Lipinski definition) is 0. The number of aryl methyl sites for hydroxylation is 1. The van der Waals surface area contributed by atoms with Gasteiger partial charge in [-0.1, -0.05) is 18.2 Å². The number of thioether (sulfide) groups is 1. The lowest BCUT2D eigenvalue weighted by molar-refractivity contribution is 0.604. The fourth-order valence-corrected chi connectivity index (χ4v) is 3.99. The normalized spacial score (nSPS) is 18.4. The molecule has 0 fully saturated rings. The Balaban J connectivity index is 2.02. The molecule has 0 aliphatic carbocycles. The second kappa shape index (κ2) is 5.44. The number of nitrogens with zero attached hydrogens (tertiary/aromatic N) is 1. The predicted octanol–water partition coefficient (Wildman–Crippen LogP) is 3.33. The highest BCUT2D eigenvalue weighted by Gasteiger charge is 2.21. The lowest BCUT2D eigenvalue weighted by Crippen LogP contribution is -2.15. The second-order valence-corrected chi connectivity index (χ2v) is 6.37. The molecule has 1 aliphatic heterocycles. The van der Waals surface area contributed by atoms with Crippen LogP contribution < -0.4 is 5.43 Å². The first-order chi connectivity index (χ1) is 9.65. The highest BCUT2D eigenvalue weighted by atomic mass is 32.2. The SMILES string of the molecule is Cc1cc(=O)cc2n1CCSC(c1ccccc1F)C2. The Morgan fingerprint density at radius 1 is 1.30 bits per heavy atom. The van der Waals surface area contributed by atoms with Crippen LogP contribution in [0.25, 0.3) is 0 Å². The van der Waals surface area contributed by atoms with Crippen LogP contribution in [0.3, 0.4) is 0 Å². The Labute approximate surface area is 121 Å². The minimum absolute atomic E-state index is 0.0351. The quantitative estimate of drug-likeness (QED) is 0.803. The van der Waals surface area contributed by atoms with Gasteiger partial charge in [0.25, 0.3) is 0 Å². The van der Waals surface area contributed by atoms with Crippen molar-refractivity contribution >= 4 is 11.8 Å². The third kappa shape index (κ3) is 2.52. The van der Waals surface area contributed by atoms with Gasteiger partial charge in [-0.15, -0.1) is 0 Å². The molecule has 104 valence electrons. The molecule has 2 aromatic rings. The molecule has 0 saturated carbocycles. The van der Waals surface area contributed by atoms with E-state index in [0.29, 0.717) is 6.42 Å². The molecule has 20 heavy (non-hydrogen) atoms. The van der Waals surface area contributed by atoms with Gasteiger partial charge in [-0.05, 0) is 13.0 Å². The van der Waals surface area contributed by atoms with Crippen molar-refractivity contribution in [2.75, 3.05) is 5.75 Å². The van der Waals surface area contributed by atoms with Crippen LogP contribution >= 0.6 is 11.8 Å². The fraction of sp³-hybridized carbons (Fsp3) is 0.312. The van der Waals surface area contributed by atoms with Crippen LogP contribution in [-0.2, 0) is 13.0 Å². The summed E-state index contributed by atoms with van der Waals surface area (Å²) in [6.07, 6.45) is 0.697. The number of rotatable bonds is 1. The molecule has 0 radical (unpaired) electrons. The number of aromatic nitrogens is 1. The fourth-order valence-electron chi connectivity index (χ4n) is 2.75. The minimum atomic E-state index is -0.159. The number of hydrogen-bond acceptors (Lipinski definition) is 2. The zero-order valence-electron chi connectivity index (χ0n) is 11.3. The maximum Gasteiger partial charge on any atom is 0.182 e. The van der Waals surface area contributed by atoms with Gasteiger partial charge in [0.2, 0.25) is 0 Å². The molecule has 1 aromatic heterocycles. The third-order valence-corrected chi connectivity index (χ3v) is 4.95. The van der Waals surface area contributed by atoms with E-state index in [4.69, 9.17) is 0 Å². The molecule has 3 rings (SSSR count). The van der Waals surface area contributed by atoms with Gasteiger partial charge < -0.3 is 4.57 Å². The van der Waals surface area contributed by atoms with Crippen molar-refractivity contribution in [3.05, 3.63) is 69.4 Å². The van der Waals surface area contributed by atoms with Crippen LogP contribution in [0, 0.1) is 12.7 Å². The molecule has 1 aromatic carbocycles. The summed E-state index contributed by atoms with van der Waals surface area (Å²) in [5, 5.41) is 0.0751. The summed E-state index contributed by atoms with van der Waals surface area (Å²) in [6.45, 7) is 2.83. The summed E-state index contributed by atoms with van der Waals surface area (Å²) in [5.41, 5.74) is 2.77. The molecule has 0 bridgehead atoms. The van der Waals surface area contributed by atoms with Gasteiger partial charge in [-0.25, -0.2) is 4.39 Å². The first-order valence-electron chi connectivity index (χ1n) is 6.71. The molecule has 0 N–H and O–H groups in total. The number of pyridine rings is 1. The van der Waals surface area contributed by atoms with Crippen molar-refractivity contribution in [2.24, 2.45) is 0 Å². The lowest BCUT2D eigenvalue weighted by Gasteiger charge is -2.16. The maximum atomic E-state index is 14.0. The zero-order valence-corrected chi connectivity index (χ0v) is 12.1. The highest BCUT2D eigenvalue weighted by Crippen LogP contribution is 2.35. The molecule has 1 unspecified atom stereocenters. The van der Waals surface area contributed by atoms with Crippen LogP contribution in [0.1, 0.15) is 22.2 Å². The number of halogens is 1. The van der Waals surface area contributed by atoms with E-state index < -0.39 is 0 Å². The van der Waals surface area contributed by atoms with E-state index in [1.165, 1.54) is 6.07 Å². The van der Waals surface area contributed by atoms with Gasteiger partial charge >= 0.3 is 0 Å². The molecule has 0 spiro atoms. The van der Waals surface area contributed by atoms with E-state index >= 15 is 0 Å². The van der Waals surface area contributed by atoms with Crippen molar-refractivity contribution in [1.29, 1.82) is 0 Å². The summed E-state index contributed by atoms with van der Waals surface area (Å²) < 4.78 is 16.1. The van der Waals surface area contributed by atoms with Gasteiger partial charge in [-0.3, -0.25) is 4.79 Å². The number of benzene rings is 1. The molecule has 0 amide bonds. The summed E-state index contributed by atoms with van der Waals surface area (Å²) in [4.78, 5) is 11.7. The second-order valence-electron chi connectivity index (χ2n) is 5.06. The molecule has 1 atom stereocenters. The lowest BCUT2D eigenvalue weighted by atomic mass is 10.1. The van der Waals surface area contributed by atoms with E-state index in [-0.39, 0.29) is 16.5 Å². The molecule has 1 aliphatic rings. The Kier molecular flexibility index (Phi) is 3.66. The first-order valence-corrected chi connectivity index (χ1v) is 7.76. The average molecular weight is 289 g/mol. The Morgan fingerprint density at radius 3 is 2.90 bits per heavy atom. The van der Waals surface area contributed by atoms with Crippen molar-refractivity contribution in [3.63, 3.8) is 0 Å². The van der Waals surface area contributed by atoms with Crippen LogP contribution in [0.15, 0.2) is 41.2 Å². The third-order valence-electron chi connectivity index (χ3n) is 3.71. The average Bonchev–Trinajstić information content (AvgIpc) is 2.61. The van der Waals surface area contributed by atoms with Crippen molar-refractivity contribution in [2.45, 2.75) is 25.1 Å². The highest BCUT2D eigenvalue weighted by molar-refractivity contribution is 7.99. The number of fused-ring (bicyclic) bond motifs is 1. The van der Waals surface area contributed by atoms with E-state index in [0.717, 1.165) is 29.2 Å². The topological polar surface area (TPSA) is 22.0 Å². The van der Waals surface area contributed by atoms with Crippen molar-refractivity contribution < 1.29 is 4.39 Å². The van der Waals surface area contributed by atoms with Crippen LogP contribution in [0.2, 0.25) is 0 Å². The van der Waals surface area contributed by atoms with Crippen LogP contribution in [0.4, 0.5) is 4.39 Å². The smallest absolute Gasteiger partial charge is 0.182 e. The van der Waals surface area contributed by atoms with E-state index in [1.807, 2.05) is 19.1 Å². The van der Waals surface area contributed by atoms with Crippen LogP contribution in [0.5, 0.6) is 0 Å². The summed E-state index contributed by atoms with van der Waals surface area (Å²) in [7, 11) is 0.